The summed E-state index contributed by atoms with van der Waals surface area (Å²) in [5, 5.41) is 2.14. The molecule has 0 aromatic rings. The Hall–Kier alpha value is 0.0683. The predicted octanol–water partition coefficient (Wildman–Crippen LogP) is 1.10. The molecule has 0 rings (SSSR count). The fourth-order valence-electron chi connectivity index (χ4n) is 0.173. The molecule has 0 spiro atoms. The molecule has 0 unspecified atom stereocenters. The second-order valence-electron chi connectivity index (χ2n) is 1.98. The number of primary amides is 1. The number of carbonyl (C=O) groups excluding carboxylic acids is 2. The van der Waals surface area contributed by atoms with Crippen molar-refractivity contribution in [2.75, 3.05) is 5.75 Å². The minimum absolute atomic E-state index is 0. The number of nitrogens with one attached hydrogen (secondary N) is 1. The Bertz CT molecular complexity index is 187. The number of hydrogen-bond acceptors (Lipinski definition) is 4. The SMILES string of the molecule is C.CC(=S)SCC(N)=O.[CH2-]NC(C)=O.[W]. The Morgan fingerprint density at radius 3 is 1.87 bits per heavy atom. The van der Waals surface area contributed by atoms with Crippen molar-refractivity contribution >= 4 is 40.0 Å². The van der Waals surface area contributed by atoms with Crippen LogP contribution in [0.2, 0.25) is 0 Å². The van der Waals surface area contributed by atoms with Crippen LogP contribution in [0.15, 0.2) is 0 Å². The van der Waals surface area contributed by atoms with Crippen LogP contribution in [0.5, 0.6) is 0 Å². The van der Waals surface area contributed by atoms with E-state index in [0.717, 1.165) is 4.20 Å². The number of amides is 2. The minimum Gasteiger partial charge on any atom is -0.509 e. The summed E-state index contributed by atoms with van der Waals surface area (Å²) in [5.41, 5.74) is 4.82. The summed E-state index contributed by atoms with van der Waals surface area (Å²) in [6.45, 7) is 3.18. The van der Waals surface area contributed by atoms with Gasteiger partial charge in [0.1, 0.15) is 0 Å². The Morgan fingerprint density at radius 2 is 1.80 bits per heavy atom. The van der Waals surface area contributed by atoms with Crippen molar-refractivity contribution in [1.29, 1.82) is 0 Å². The minimum atomic E-state index is -0.320. The van der Waals surface area contributed by atoms with Gasteiger partial charge in [-0.3, -0.25) is 16.6 Å². The molecule has 2 amide bonds. The third-order valence-electron chi connectivity index (χ3n) is 0.667. The van der Waals surface area contributed by atoms with E-state index in [1.165, 1.54) is 18.7 Å². The third-order valence-corrected chi connectivity index (χ3v) is 1.86. The van der Waals surface area contributed by atoms with Gasteiger partial charge in [0.15, 0.2) is 5.91 Å². The summed E-state index contributed by atoms with van der Waals surface area (Å²) in [5.74, 6) is -0.126. The molecule has 0 bridgehead atoms. The fourth-order valence-corrected chi connectivity index (χ4v) is 0.695. The standard InChI is InChI=1S/C4H7NOS2.C3H6NO.CH4.W/c1-3(7)8-2-4(5)6;1-3(5)4-2;;/h2H2,1H3,(H2,5,6);2H2,1H3,(H,4,5);1H4;/q;-1;;. The van der Waals surface area contributed by atoms with Crippen LogP contribution >= 0.6 is 24.0 Å². The first-order valence-corrected chi connectivity index (χ1v) is 4.74. The van der Waals surface area contributed by atoms with E-state index in [2.05, 4.69) is 24.6 Å². The summed E-state index contributed by atoms with van der Waals surface area (Å²) in [6.07, 6.45) is 0. The molecule has 0 aliphatic heterocycles. The maximum atomic E-state index is 10.0. The molecule has 7 heteroatoms. The van der Waals surface area contributed by atoms with E-state index in [1.807, 2.05) is 0 Å². The van der Waals surface area contributed by atoms with Gasteiger partial charge in [-0.25, -0.2) is 0 Å². The Labute approximate surface area is 115 Å². The summed E-state index contributed by atoms with van der Waals surface area (Å²) in [7, 11) is 3.09. The van der Waals surface area contributed by atoms with Crippen molar-refractivity contribution in [2.45, 2.75) is 21.3 Å². The van der Waals surface area contributed by atoms with Crippen LogP contribution in [0.25, 0.3) is 0 Å². The number of carbonyl (C=O) groups is 2. The topological polar surface area (TPSA) is 72.2 Å². The molecule has 0 heterocycles. The summed E-state index contributed by atoms with van der Waals surface area (Å²) in [6, 6.07) is 0. The van der Waals surface area contributed by atoms with Gasteiger partial charge in [0, 0.05) is 32.2 Å². The molecule has 0 saturated heterocycles. The first-order valence-electron chi connectivity index (χ1n) is 3.35. The molecular formula is C8H17N2O2S2W-. The molecule has 0 saturated carbocycles. The zero-order valence-corrected chi connectivity index (χ0v) is 12.6. The van der Waals surface area contributed by atoms with Gasteiger partial charge in [-0.15, -0.1) is 11.8 Å². The summed E-state index contributed by atoms with van der Waals surface area (Å²) < 4.78 is 0.754. The second kappa shape index (κ2) is 16.5. The molecule has 3 N–H and O–H groups in total. The van der Waals surface area contributed by atoms with Crippen molar-refractivity contribution in [3.05, 3.63) is 7.05 Å². The first kappa shape index (κ1) is 24.3. The van der Waals surface area contributed by atoms with Crippen molar-refractivity contribution in [1.82, 2.24) is 5.32 Å². The van der Waals surface area contributed by atoms with Gasteiger partial charge in [0.05, 0.1) is 5.75 Å². The van der Waals surface area contributed by atoms with Gasteiger partial charge in [-0.2, -0.15) is 0 Å². The molecule has 0 fully saturated rings. The number of rotatable bonds is 2. The van der Waals surface area contributed by atoms with Crippen LogP contribution in [0.1, 0.15) is 21.3 Å². The molecule has 15 heavy (non-hydrogen) atoms. The number of hydrogen-bond donors (Lipinski definition) is 2. The van der Waals surface area contributed by atoms with Crippen LogP contribution in [0.3, 0.4) is 0 Å². The van der Waals surface area contributed by atoms with Crippen LogP contribution < -0.4 is 11.1 Å². The smallest absolute Gasteiger partial charge is 0.227 e. The molecule has 4 nitrogen and oxygen atoms in total. The molecule has 0 aromatic carbocycles. The molecule has 0 radical (unpaired) electrons. The van der Waals surface area contributed by atoms with Gasteiger partial charge >= 0.3 is 0 Å². The van der Waals surface area contributed by atoms with Crippen LogP contribution in [0, 0.1) is 7.05 Å². The van der Waals surface area contributed by atoms with E-state index in [9.17, 15) is 9.59 Å². The monoisotopic (exact) mass is 421 g/mol. The van der Waals surface area contributed by atoms with Gasteiger partial charge in [-0.1, -0.05) is 19.6 Å². The average molecular weight is 421 g/mol. The van der Waals surface area contributed by atoms with E-state index in [4.69, 9.17) is 5.73 Å². The maximum Gasteiger partial charge on any atom is 0.227 e. The molecular weight excluding hydrogens is 404 g/mol. The van der Waals surface area contributed by atoms with Gasteiger partial charge in [0.2, 0.25) is 5.91 Å². The number of nitrogens with two attached hydrogens (primary N) is 1. The molecule has 0 aliphatic rings. The van der Waals surface area contributed by atoms with Crippen LogP contribution in [-0.2, 0) is 30.7 Å². The van der Waals surface area contributed by atoms with Gasteiger partial charge in [-0.05, 0) is 6.92 Å². The molecule has 0 aromatic heterocycles. The number of thioether (sulfide) groups is 1. The van der Waals surface area contributed by atoms with Crippen molar-refractivity contribution < 1.29 is 30.7 Å². The van der Waals surface area contributed by atoms with Crippen molar-refractivity contribution in [3.8, 4) is 0 Å². The second-order valence-corrected chi connectivity index (χ2v) is 4.04. The fraction of sp³-hybridized carbons (Fsp3) is 0.500. The van der Waals surface area contributed by atoms with E-state index in [-0.39, 0.29) is 40.3 Å². The summed E-state index contributed by atoms with van der Waals surface area (Å²) in [4.78, 5) is 19.7. The maximum absolute atomic E-state index is 10.0. The quantitative estimate of drug-likeness (QED) is 0.518. The molecule has 0 aliphatic carbocycles. The van der Waals surface area contributed by atoms with E-state index >= 15 is 0 Å². The normalized spacial score (nSPS) is 6.87. The summed E-state index contributed by atoms with van der Waals surface area (Å²) >= 11 is 5.97. The van der Waals surface area contributed by atoms with E-state index in [0.29, 0.717) is 5.75 Å². The average Bonchev–Trinajstić information content (AvgIpc) is 2.02. The Kier molecular flexibility index (Phi) is 26.8. The zero-order chi connectivity index (χ0) is 10.9. The van der Waals surface area contributed by atoms with Gasteiger partial charge in [0.25, 0.3) is 0 Å². The van der Waals surface area contributed by atoms with E-state index in [1.54, 1.807) is 6.92 Å². The Morgan fingerprint density at radius 1 is 1.47 bits per heavy atom. The third kappa shape index (κ3) is 41.0. The Balaban J connectivity index is -0.0000000770. The predicted molar refractivity (Wildman–Crippen MR) is 65.8 cm³/mol. The van der Waals surface area contributed by atoms with Crippen molar-refractivity contribution in [2.24, 2.45) is 5.73 Å². The largest absolute Gasteiger partial charge is 0.509 e. The zero-order valence-electron chi connectivity index (χ0n) is 8.03. The molecule has 0 atom stereocenters. The van der Waals surface area contributed by atoms with E-state index < -0.39 is 0 Å². The first-order chi connectivity index (χ1) is 5.90. The van der Waals surface area contributed by atoms with Crippen molar-refractivity contribution in [3.63, 3.8) is 0 Å². The molecule has 90 valence electrons. The van der Waals surface area contributed by atoms with Crippen LogP contribution in [-0.4, -0.2) is 21.8 Å². The van der Waals surface area contributed by atoms with Gasteiger partial charge < -0.3 is 11.1 Å². The number of thiocarbonyl (C=S) groups is 1. The van der Waals surface area contributed by atoms with Crippen LogP contribution in [0.4, 0.5) is 0 Å².